The van der Waals surface area contributed by atoms with Gasteiger partial charge in [-0.3, -0.25) is 4.79 Å². The number of hydrogen-bond acceptors (Lipinski definition) is 3. The summed E-state index contributed by atoms with van der Waals surface area (Å²) in [5.74, 6) is -0.412. The van der Waals surface area contributed by atoms with Crippen molar-refractivity contribution in [1.82, 2.24) is 0 Å². The quantitative estimate of drug-likeness (QED) is 0.854. The molecule has 0 spiro atoms. The molecule has 1 aromatic rings. The van der Waals surface area contributed by atoms with Crippen LogP contribution in [-0.4, -0.2) is 24.9 Å². The number of rotatable bonds is 6. The highest BCUT2D eigenvalue weighted by Crippen LogP contribution is 2.17. The zero-order chi connectivity index (χ0) is 13.5. The van der Waals surface area contributed by atoms with Gasteiger partial charge in [-0.1, -0.05) is 30.3 Å². The Hall–Kier alpha value is -1.39. The summed E-state index contributed by atoms with van der Waals surface area (Å²) >= 11 is 0. The fourth-order valence-electron chi connectivity index (χ4n) is 2.22. The third-order valence-electron chi connectivity index (χ3n) is 3.31. The average Bonchev–Trinajstić information content (AvgIpc) is 2.45. The molecule has 1 amide bonds. The van der Waals surface area contributed by atoms with Gasteiger partial charge in [0.25, 0.3) is 0 Å². The molecule has 19 heavy (non-hydrogen) atoms. The summed E-state index contributed by atoms with van der Waals surface area (Å²) in [5, 5.41) is 0. The summed E-state index contributed by atoms with van der Waals surface area (Å²) in [7, 11) is 0. The summed E-state index contributed by atoms with van der Waals surface area (Å²) < 4.78 is 11.2. The van der Waals surface area contributed by atoms with Gasteiger partial charge in [0.05, 0.1) is 0 Å². The minimum absolute atomic E-state index is 0.276. The van der Waals surface area contributed by atoms with E-state index in [-0.39, 0.29) is 6.29 Å². The molecule has 1 fully saturated rings. The van der Waals surface area contributed by atoms with Crippen molar-refractivity contribution in [2.24, 2.45) is 5.73 Å². The Morgan fingerprint density at radius 2 is 2.16 bits per heavy atom. The van der Waals surface area contributed by atoms with Crippen molar-refractivity contribution in [3.63, 3.8) is 0 Å². The van der Waals surface area contributed by atoms with Crippen molar-refractivity contribution in [2.45, 2.75) is 44.5 Å². The third-order valence-corrected chi connectivity index (χ3v) is 3.31. The van der Waals surface area contributed by atoms with E-state index in [4.69, 9.17) is 15.2 Å². The molecule has 0 bridgehead atoms. The Morgan fingerprint density at radius 3 is 2.79 bits per heavy atom. The fourth-order valence-corrected chi connectivity index (χ4v) is 2.22. The van der Waals surface area contributed by atoms with Gasteiger partial charge < -0.3 is 15.2 Å². The molecule has 1 heterocycles. The molecule has 1 aliphatic heterocycles. The van der Waals surface area contributed by atoms with Crippen LogP contribution in [0.2, 0.25) is 0 Å². The number of ether oxygens (including phenoxy) is 2. The Morgan fingerprint density at radius 1 is 1.37 bits per heavy atom. The van der Waals surface area contributed by atoms with E-state index < -0.39 is 12.0 Å². The van der Waals surface area contributed by atoms with E-state index >= 15 is 0 Å². The zero-order valence-corrected chi connectivity index (χ0v) is 11.1. The Balaban J connectivity index is 1.83. The molecule has 1 aromatic carbocycles. The number of hydrogen-bond donors (Lipinski definition) is 1. The van der Waals surface area contributed by atoms with Crippen molar-refractivity contribution in [2.75, 3.05) is 6.61 Å². The lowest BCUT2D eigenvalue weighted by molar-refractivity contribution is -0.192. The molecule has 1 aliphatic rings. The molecule has 2 unspecified atom stereocenters. The molecule has 2 atom stereocenters. The number of benzene rings is 1. The number of amides is 1. The topological polar surface area (TPSA) is 61.6 Å². The van der Waals surface area contributed by atoms with Crippen molar-refractivity contribution in [1.29, 1.82) is 0 Å². The van der Waals surface area contributed by atoms with Gasteiger partial charge in [0.2, 0.25) is 5.91 Å². The first-order valence-electron chi connectivity index (χ1n) is 6.86. The summed E-state index contributed by atoms with van der Waals surface area (Å²) in [6.07, 6.45) is 3.51. The van der Waals surface area contributed by atoms with Crippen LogP contribution in [-0.2, 0) is 20.7 Å². The maximum Gasteiger partial charge on any atom is 0.246 e. The molecule has 0 saturated carbocycles. The first-order chi connectivity index (χ1) is 9.25. The molecule has 1 saturated heterocycles. The highest BCUT2D eigenvalue weighted by atomic mass is 16.7. The van der Waals surface area contributed by atoms with Crippen LogP contribution in [0, 0.1) is 0 Å². The molecule has 0 radical (unpaired) electrons. The van der Waals surface area contributed by atoms with E-state index in [1.54, 1.807) is 0 Å². The second-order valence-electron chi connectivity index (χ2n) is 4.85. The number of carbonyl (C=O) groups is 1. The van der Waals surface area contributed by atoms with Crippen molar-refractivity contribution < 1.29 is 14.3 Å². The van der Waals surface area contributed by atoms with Crippen LogP contribution in [0.15, 0.2) is 30.3 Å². The molecular formula is C15H21NO3. The van der Waals surface area contributed by atoms with Crippen molar-refractivity contribution in [3.05, 3.63) is 35.9 Å². The summed E-state index contributed by atoms with van der Waals surface area (Å²) in [6, 6.07) is 10.0. The number of primary amides is 1. The van der Waals surface area contributed by atoms with Crippen LogP contribution in [0.25, 0.3) is 0 Å². The second kappa shape index (κ2) is 7.26. The standard InChI is InChI=1S/C15H21NO3/c16-15(17)13(19-14-8-4-5-11-18-14)10-9-12-6-2-1-3-7-12/h1-3,6-7,13-14H,4-5,8-11H2,(H2,16,17). The Kier molecular flexibility index (Phi) is 5.36. The smallest absolute Gasteiger partial charge is 0.246 e. The number of aryl methyl sites for hydroxylation is 1. The van der Waals surface area contributed by atoms with Crippen LogP contribution < -0.4 is 5.73 Å². The highest BCUT2D eigenvalue weighted by Gasteiger charge is 2.23. The van der Waals surface area contributed by atoms with Gasteiger partial charge in [0, 0.05) is 6.61 Å². The molecule has 2 N–H and O–H groups in total. The van der Waals surface area contributed by atoms with E-state index in [2.05, 4.69) is 0 Å². The zero-order valence-electron chi connectivity index (χ0n) is 11.1. The van der Waals surface area contributed by atoms with E-state index in [1.165, 1.54) is 5.56 Å². The SMILES string of the molecule is NC(=O)C(CCc1ccccc1)OC1CCCCO1. The van der Waals surface area contributed by atoms with E-state index in [0.29, 0.717) is 13.0 Å². The van der Waals surface area contributed by atoms with Gasteiger partial charge in [-0.15, -0.1) is 0 Å². The molecule has 2 rings (SSSR count). The molecule has 0 aromatic heterocycles. The Labute approximate surface area is 113 Å². The average molecular weight is 263 g/mol. The van der Waals surface area contributed by atoms with E-state index in [1.807, 2.05) is 30.3 Å². The monoisotopic (exact) mass is 263 g/mol. The minimum Gasteiger partial charge on any atom is -0.367 e. The lowest BCUT2D eigenvalue weighted by atomic mass is 10.1. The van der Waals surface area contributed by atoms with Crippen molar-refractivity contribution >= 4 is 5.91 Å². The predicted molar refractivity (Wildman–Crippen MR) is 72.4 cm³/mol. The molecule has 104 valence electrons. The largest absolute Gasteiger partial charge is 0.367 e. The van der Waals surface area contributed by atoms with Crippen LogP contribution in [0.4, 0.5) is 0 Å². The minimum atomic E-state index is -0.566. The van der Waals surface area contributed by atoms with Gasteiger partial charge in [-0.25, -0.2) is 0 Å². The molecular weight excluding hydrogens is 242 g/mol. The first kappa shape index (κ1) is 14.0. The van der Waals surface area contributed by atoms with Crippen LogP contribution >= 0.6 is 0 Å². The van der Waals surface area contributed by atoms with Crippen LogP contribution in [0.1, 0.15) is 31.2 Å². The van der Waals surface area contributed by atoms with E-state index in [9.17, 15) is 4.79 Å². The normalized spacial score (nSPS) is 20.9. The van der Waals surface area contributed by atoms with Crippen molar-refractivity contribution in [3.8, 4) is 0 Å². The maximum atomic E-state index is 11.4. The van der Waals surface area contributed by atoms with Gasteiger partial charge in [0.15, 0.2) is 6.29 Å². The predicted octanol–water partition coefficient (Wildman–Crippen LogP) is 2.02. The number of carbonyl (C=O) groups excluding carboxylic acids is 1. The number of nitrogens with two attached hydrogens (primary N) is 1. The maximum absolute atomic E-state index is 11.4. The van der Waals surface area contributed by atoms with Crippen LogP contribution in [0.5, 0.6) is 0 Å². The lowest BCUT2D eigenvalue weighted by Crippen LogP contribution is -2.37. The second-order valence-corrected chi connectivity index (χ2v) is 4.85. The third kappa shape index (κ3) is 4.65. The summed E-state index contributed by atoms with van der Waals surface area (Å²) in [4.78, 5) is 11.4. The van der Waals surface area contributed by atoms with E-state index in [0.717, 1.165) is 25.7 Å². The van der Waals surface area contributed by atoms with Gasteiger partial charge in [-0.2, -0.15) is 0 Å². The van der Waals surface area contributed by atoms with Crippen LogP contribution in [0.3, 0.4) is 0 Å². The highest BCUT2D eigenvalue weighted by molar-refractivity contribution is 5.78. The fraction of sp³-hybridized carbons (Fsp3) is 0.533. The first-order valence-corrected chi connectivity index (χ1v) is 6.86. The summed E-state index contributed by atoms with van der Waals surface area (Å²) in [6.45, 7) is 0.703. The Bertz CT molecular complexity index is 388. The molecule has 4 heteroatoms. The lowest BCUT2D eigenvalue weighted by Gasteiger charge is -2.26. The molecule has 0 aliphatic carbocycles. The molecule has 4 nitrogen and oxygen atoms in total. The van der Waals surface area contributed by atoms with Gasteiger partial charge in [-0.05, 0) is 37.7 Å². The van der Waals surface area contributed by atoms with Gasteiger partial charge in [0.1, 0.15) is 6.10 Å². The van der Waals surface area contributed by atoms with Gasteiger partial charge >= 0.3 is 0 Å². The summed E-state index contributed by atoms with van der Waals surface area (Å²) in [5.41, 5.74) is 6.58.